The van der Waals surface area contributed by atoms with Crippen LogP contribution in [-0.2, 0) is 56.3 Å². The second-order valence-corrected chi connectivity index (χ2v) is 43.5. The number of terminal acetylenes is 1. The molecule has 10 N–H and O–H groups in total. The maximum absolute atomic E-state index is 15.6. The molecule has 1 spiro atoms. The molecule has 14 heterocycles. The Balaban J connectivity index is 0.424. The third-order valence-electron chi connectivity index (χ3n) is 32.4. The van der Waals surface area contributed by atoms with Gasteiger partial charge in [-0.15, -0.1) is 38.2 Å². The first kappa shape index (κ1) is 97.2. The normalized spacial score (nSPS) is 23.0. The van der Waals surface area contributed by atoms with Gasteiger partial charge in [0.25, 0.3) is 0 Å². The molecular weight excluding hydrogens is 1830 g/mol. The van der Waals surface area contributed by atoms with E-state index in [1.165, 1.54) is 28.2 Å². The number of ether oxygens (including phenoxy) is 1. The summed E-state index contributed by atoms with van der Waals surface area (Å²) in [5.74, 6) is 2.87. The van der Waals surface area contributed by atoms with E-state index in [-0.39, 0.29) is 97.8 Å². The van der Waals surface area contributed by atoms with Gasteiger partial charge in [0.2, 0.25) is 41.4 Å². The number of piperidine rings is 2. The number of hydrogen-bond acceptors (Lipinski definition) is 26. The predicted molar refractivity (Wildman–Crippen MR) is 545 cm³/mol. The molecule has 143 heavy (non-hydrogen) atoms. The van der Waals surface area contributed by atoms with E-state index in [1.807, 2.05) is 120 Å². The number of piperazine rings is 1. The maximum Gasteiger partial charge on any atom is 0.318 e. The van der Waals surface area contributed by atoms with Gasteiger partial charge in [-0.2, -0.15) is 0 Å². The van der Waals surface area contributed by atoms with Crippen LogP contribution in [0.1, 0.15) is 200 Å². The van der Waals surface area contributed by atoms with Gasteiger partial charge in [0.1, 0.15) is 41.4 Å². The summed E-state index contributed by atoms with van der Waals surface area (Å²) >= 11 is 1.47. The average molecular weight is 1960 g/mol. The lowest BCUT2D eigenvalue weighted by Gasteiger charge is -2.56. The number of para-hydroxylation sites is 2. The number of aromatic amines is 2. The highest BCUT2D eigenvalue weighted by atomic mass is 32.1. The van der Waals surface area contributed by atoms with Crippen LogP contribution in [0.4, 0.5) is 22.4 Å². The first-order valence-corrected chi connectivity index (χ1v) is 51.6. The predicted octanol–water partition coefficient (Wildman–Crippen LogP) is 11.8. The standard InChI is InChI=1S/C108H129N23O11S/c1-10-65-19-24-70(90(47-65)142-9)55-110-100(138)87-49-76(133)61-131(87)102(140)95(119-105(141)127-39-30-72(31-40-127)124-37-28-67(29-38-124)71-56-111-103(112-57-71)128-41-32-81-91(63(128)2)79-50-84(120-122-96(79)116-81)77-15-11-13-17-88(77)134)107(7,8)34-27-83-93(143-62-115-83)68-22-20-66(21-23-68)54-109-99(137)86-48-75(132)60-130(86)101(139)94(106(4,5)6)118-98(136)69-25-35-108(36-26-69)52-73(53-108)125-43-45-126(46-44-125)74-58-113-104(114-59-74)129-42-33-82-92(64(129)3)80-51-85(121-123-97(80)117-82)78-16-12-14-18-89(78)135/h1,11-24,47,50-51,56-59,62-64,67,69,72-73,75-76,86-87,94-95,132-135H,25-46,48-49,52-55,60-61H2,2-9H3,(H,109,137)(H,110,138)(H,116,122)(H,117,123)(H,118,136)(H,119,141)/t63-,64-,69-,73-,75-,76-,86+,87+,94-,95-,108?/m1/s1. The molecule has 7 fully saturated rings. The molecule has 5 saturated heterocycles. The van der Waals surface area contributed by atoms with Gasteiger partial charge >= 0.3 is 6.03 Å². The monoisotopic (exact) mass is 1960 g/mol. The number of urea groups is 1. The number of methoxy groups -OCH3 is 1. The number of β-amino-alcohol motifs (C(OH)–C–C–N with tert-alkyl or cyclic N) is 2. The van der Waals surface area contributed by atoms with E-state index in [0.29, 0.717) is 88.9 Å². The topological polar surface area (TPSA) is 414 Å². The number of aromatic hydroxyl groups is 2. The van der Waals surface area contributed by atoms with Crippen molar-refractivity contribution < 1.29 is 53.9 Å². The number of rotatable bonds is 25. The summed E-state index contributed by atoms with van der Waals surface area (Å²) in [7, 11) is 1.52. The lowest BCUT2D eigenvalue weighted by Crippen LogP contribution is -2.61. The van der Waals surface area contributed by atoms with E-state index in [1.54, 1.807) is 52.9 Å². The van der Waals surface area contributed by atoms with Crippen molar-refractivity contribution in [2.75, 3.05) is 100 Å². The van der Waals surface area contributed by atoms with Crippen LogP contribution in [0.25, 0.3) is 55.0 Å². The second kappa shape index (κ2) is 40.5. The minimum atomic E-state index is -1.14. The van der Waals surface area contributed by atoms with Crippen molar-refractivity contribution in [2.45, 2.75) is 231 Å². The molecule has 0 bridgehead atoms. The number of phenolic OH excluding ortho intramolecular Hbond substituents is 2. The second-order valence-electron chi connectivity index (χ2n) is 42.6. The van der Waals surface area contributed by atoms with Gasteiger partial charge < -0.3 is 90.7 Å². The summed E-state index contributed by atoms with van der Waals surface area (Å²) in [6.45, 7) is 21.8. The van der Waals surface area contributed by atoms with Crippen LogP contribution >= 0.6 is 11.3 Å². The Hall–Kier alpha value is -13.3. The SMILES string of the molecule is C#Cc1ccc(CNC(=O)[C@@H]2C[C@@H](O)CN2C(=O)[C@@H](NC(=O)N2CCC(N3CCC(c4cnc(N5CCc6[nH]c7nnc(-c8ccccc8O)cc7c6[C@H]5C)nc4)CC3)CC2)C(C)(C)CCc2ncsc2-c2ccc(CNC(=O)[C@@H]3C[C@@H](O)CN3C(=O)[C@@H](NC(=O)[C@H]3CCC4(CC3)C[C@H](N3CCN(c5cnc(N6CCc7[nH]c8nnc(-c9ccccc9O)cc8c7[C@H]6C)nc5)CC3)C4)C(C)(C)C)cc2)c(OC)c1. The highest BCUT2D eigenvalue weighted by molar-refractivity contribution is 7.13. The van der Waals surface area contributed by atoms with E-state index >= 15 is 4.79 Å². The molecule has 11 aromatic rings. The average Bonchev–Trinajstić information content (AvgIpc) is 1.70. The quantitative estimate of drug-likeness (QED) is 0.0238. The number of aliphatic hydroxyl groups excluding tert-OH is 2. The molecule has 34 nitrogen and oxygen atoms in total. The number of hydrogen-bond donors (Lipinski definition) is 10. The van der Waals surface area contributed by atoms with Gasteiger partial charge in [-0.3, -0.25) is 28.9 Å². The number of carbonyl (C=O) groups excluding carboxylic acids is 6. The first-order valence-electron chi connectivity index (χ1n) is 50.8. The molecule has 2 saturated carbocycles. The van der Waals surface area contributed by atoms with Crippen molar-refractivity contribution in [3.8, 4) is 62.5 Å². The molecule has 4 aromatic carbocycles. The van der Waals surface area contributed by atoms with E-state index in [0.717, 1.165) is 201 Å². The zero-order valence-electron chi connectivity index (χ0n) is 82.6. The number of aromatic nitrogens is 11. The summed E-state index contributed by atoms with van der Waals surface area (Å²) < 4.78 is 5.62. The van der Waals surface area contributed by atoms with Gasteiger partial charge in [0, 0.05) is 190 Å². The third-order valence-corrected chi connectivity index (χ3v) is 33.3. The number of likely N-dealkylation sites (tertiary alicyclic amines) is 4. The Morgan fingerprint density at radius 2 is 1.14 bits per heavy atom. The molecule has 0 radical (unpaired) electrons. The van der Waals surface area contributed by atoms with Gasteiger partial charge in [0.15, 0.2) is 11.3 Å². The first-order chi connectivity index (χ1) is 69.0. The number of nitrogens with one attached hydrogen (secondary N) is 6. The summed E-state index contributed by atoms with van der Waals surface area (Å²) in [5.41, 5.74) is 14.6. The van der Waals surface area contributed by atoms with Crippen molar-refractivity contribution in [3.05, 3.63) is 184 Å². The summed E-state index contributed by atoms with van der Waals surface area (Å²) in [4.78, 5) is 138. The number of H-pyrrole nitrogens is 2. The van der Waals surface area contributed by atoms with E-state index in [2.05, 4.69) is 95.9 Å². The molecule has 8 atom stereocenters. The Bertz CT molecular complexity index is 6580. The molecule has 2 aliphatic carbocycles. The molecule has 9 aliphatic rings. The van der Waals surface area contributed by atoms with Crippen molar-refractivity contribution in [1.82, 2.24) is 101 Å². The van der Waals surface area contributed by atoms with Gasteiger partial charge in [0.05, 0.1) is 77.0 Å². The number of anilines is 3. The number of carbonyl (C=O) groups is 6. The van der Waals surface area contributed by atoms with Crippen molar-refractivity contribution in [1.29, 1.82) is 0 Å². The Labute approximate surface area is 836 Å². The molecular formula is C108H129N23O11S. The van der Waals surface area contributed by atoms with Crippen LogP contribution in [-0.4, -0.2) is 270 Å². The number of thiazole rings is 1. The van der Waals surface area contributed by atoms with E-state index in [4.69, 9.17) is 36.1 Å². The molecule has 748 valence electrons. The highest BCUT2D eigenvalue weighted by Crippen LogP contribution is 2.55. The minimum Gasteiger partial charge on any atom is -0.507 e. The van der Waals surface area contributed by atoms with E-state index in [9.17, 15) is 44.4 Å². The van der Waals surface area contributed by atoms with Crippen LogP contribution in [0.15, 0.2) is 133 Å². The summed E-state index contributed by atoms with van der Waals surface area (Å²) in [5, 5.41) is 76.0. The van der Waals surface area contributed by atoms with Crippen LogP contribution < -0.4 is 40.7 Å². The van der Waals surface area contributed by atoms with Crippen molar-refractivity contribution in [3.63, 3.8) is 0 Å². The highest BCUT2D eigenvalue weighted by Gasteiger charge is 2.52. The third kappa shape index (κ3) is 20.0. The fraction of sp³-hybridized carbons (Fsp3) is 0.491. The van der Waals surface area contributed by atoms with E-state index < -0.39 is 70.8 Å². The zero-order valence-corrected chi connectivity index (χ0v) is 83.4. The Morgan fingerprint density at radius 3 is 1.69 bits per heavy atom. The molecule has 7 amide bonds. The molecule has 20 rings (SSSR count). The van der Waals surface area contributed by atoms with Gasteiger partial charge in [-0.05, 0) is 191 Å². The van der Waals surface area contributed by atoms with Gasteiger partial charge in [-0.1, -0.05) is 95.1 Å². The summed E-state index contributed by atoms with van der Waals surface area (Å²) in [6.07, 6.45) is 22.9. The Morgan fingerprint density at radius 1 is 0.594 bits per heavy atom. The maximum atomic E-state index is 15.6. The molecule has 7 aromatic heterocycles. The fourth-order valence-corrected chi connectivity index (χ4v) is 24.8. The molecule has 7 aliphatic heterocycles. The van der Waals surface area contributed by atoms with Crippen LogP contribution in [0, 0.1) is 34.5 Å². The van der Waals surface area contributed by atoms with Crippen LogP contribution in [0.5, 0.6) is 17.2 Å². The lowest BCUT2D eigenvalue weighted by molar-refractivity contribution is -0.145. The number of benzene rings is 4. The Kier molecular flexibility index (Phi) is 27.5. The molecule has 0 unspecified atom stereocenters. The van der Waals surface area contributed by atoms with Crippen LogP contribution in [0.2, 0.25) is 0 Å². The number of aliphatic hydroxyl groups is 2. The molecule has 35 heteroatoms. The number of aryl methyl sites for hydroxylation is 1. The van der Waals surface area contributed by atoms with Crippen LogP contribution in [0.3, 0.4) is 0 Å². The van der Waals surface area contributed by atoms with Crippen molar-refractivity contribution in [2.24, 2.45) is 22.2 Å². The zero-order chi connectivity index (χ0) is 99.4. The van der Waals surface area contributed by atoms with Crippen molar-refractivity contribution >= 4 is 86.6 Å². The smallest absolute Gasteiger partial charge is 0.318 e. The van der Waals surface area contributed by atoms with Gasteiger partial charge in [-0.25, -0.2) is 29.7 Å². The minimum absolute atomic E-state index is 0.00762. The summed E-state index contributed by atoms with van der Waals surface area (Å²) in [6, 6.07) is 27.5. The number of fused-ring (bicyclic) bond motifs is 6. The lowest BCUT2D eigenvalue weighted by atomic mass is 9.56. The number of amides is 7. The fourth-order valence-electron chi connectivity index (χ4n) is 23.9. The number of phenols is 2. The number of nitrogens with zero attached hydrogens (tertiary/aromatic N) is 17. The largest absolute Gasteiger partial charge is 0.507 e.